The number of nitrogens with zero attached hydrogens (tertiary/aromatic N) is 1. The summed E-state index contributed by atoms with van der Waals surface area (Å²) in [5.74, 6) is -0.832. The summed E-state index contributed by atoms with van der Waals surface area (Å²) < 4.78 is 0. The standard InChI is InChI=1S/C13H11NO3/c15-12-9-5-4-8-11(12)13(16)14(17)10-6-2-1-3-7-10/h1-9,15,17H. The Hall–Kier alpha value is -2.33. The van der Waals surface area contributed by atoms with Gasteiger partial charge in [0.25, 0.3) is 5.91 Å². The van der Waals surface area contributed by atoms with Crippen LogP contribution in [0.15, 0.2) is 54.6 Å². The summed E-state index contributed by atoms with van der Waals surface area (Å²) in [6.45, 7) is 0. The fourth-order valence-electron chi connectivity index (χ4n) is 1.46. The average molecular weight is 229 g/mol. The normalized spacial score (nSPS) is 9.94. The molecule has 4 nitrogen and oxygen atoms in total. The third-order valence-corrected chi connectivity index (χ3v) is 2.33. The predicted octanol–water partition coefficient (Wildman–Crippen LogP) is 2.43. The molecule has 2 aromatic carbocycles. The van der Waals surface area contributed by atoms with Crippen molar-refractivity contribution in [2.75, 3.05) is 5.06 Å². The van der Waals surface area contributed by atoms with Crippen LogP contribution in [0.5, 0.6) is 5.75 Å². The van der Waals surface area contributed by atoms with Crippen LogP contribution < -0.4 is 5.06 Å². The first-order valence-electron chi connectivity index (χ1n) is 5.06. The Labute approximate surface area is 98.3 Å². The Morgan fingerprint density at radius 1 is 0.941 bits per heavy atom. The van der Waals surface area contributed by atoms with Gasteiger partial charge in [-0.05, 0) is 24.3 Å². The zero-order chi connectivity index (χ0) is 12.3. The second-order valence-corrected chi connectivity index (χ2v) is 3.47. The second-order valence-electron chi connectivity index (χ2n) is 3.47. The minimum absolute atomic E-state index is 0.0545. The van der Waals surface area contributed by atoms with Crippen LogP contribution in [0, 0.1) is 0 Å². The van der Waals surface area contributed by atoms with Gasteiger partial charge in [-0.15, -0.1) is 0 Å². The fourth-order valence-corrected chi connectivity index (χ4v) is 1.46. The van der Waals surface area contributed by atoms with Crippen molar-refractivity contribution in [3.8, 4) is 5.75 Å². The molecular weight excluding hydrogens is 218 g/mol. The summed E-state index contributed by atoms with van der Waals surface area (Å²) in [5, 5.41) is 19.8. The highest BCUT2D eigenvalue weighted by Gasteiger charge is 2.18. The number of anilines is 1. The maximum Gasteiger partial charge on any atom is 0.285 e. The van der Waals surface area contributed by atoms with E-state index in [0.29, 0.717) is 10.8 Å². The summed E-state index contributed by atoms with van der Waals surface area (Å²) in [6, 6.07) is 14.4. The van der Waals surface area contributed by atoms with Gasteiger partial charge in [0.15, 0.2) is 0 Å². The Balaban J connectivity index is 2.30. The molecule has 0 aliphatic heterocycles. The molecule has 0 heterocycles. The van der Waals surface area contributed by atoms with Crippen molar-refractivity contribution < 1.29 is 15.1 Å². The number of para-hydroxylation sites is 2. The van der Waals surface area contributed by atoms with E-state index in [1.807, 2.05) is 0 Å². The molecule has 0 spiro atoms. The maximum atomic E-state index is 11.9. The van der Waals surface area contributed by atoms with Crippen molar-refractivity contribution >= 4 is 11.6 Å². The van der Waals surface area contributed by atoms with E-state index in [-0.39, 0.29) is 11.3 Å². The lowest BCUT2D eigenvalue weighted by atomic mass is 10.2. The zero-order valence-electron chi connectivity index (χ0n) is 8.95. The smallest absolute Gasteiger partial charge is 0.285 e. The van der Waals surface area contributed by atoms with Crippen LogP contribution in [0.2, 0.25) is 0 Å². The van der Waals surface area contributed by atoms with Crippen molar-refractivity contribution in [1.29, 1.82) is 0 Å². The first kappa shape index (κ1) is 11.2. The van der Waals surface area contributed by atoms with E-state index >= 15 is 0 Å². The van der Waals surface area contributed by atoms with Gasteiger partial charge in [-0.25, -0.2) is 0 Å². The molecule has 0 atom stereocenters. The predicted molar refractivity (Wildman–Crippen MR) is 63.1 cm³/mol. The van der Waals surface area contributed by atoms with Gasteiger partial charge in [-0.2, -0.15) is 5.06 Å². The Morgan fingerprint density at radius 3 is 2.18 bits per heavy atom. The van der Waals surface area contributed by atoms with Gasteiger partial charge in [-0.1, -0.05) is 30.3 Å². The highest BCUT2D eigenvalue weighted by molar-refractivity contribution is 6.06. The molecule has 0 unspecified atom stereocenters. The van der Waals surface area contributed by atoms with Crippen molar-refractivity contribution in [2.45, 2.75) is 0 Å². The highest BCUT2D eigenvalue weighted by atomic mass is 16.5. The van der Waals surface area contributed by atoms with E-state index in [1.165, 1.54) is 12.1 Å². The van der Waals surface area contributed by atoms with Crippen LogP contribution in [-0.4, -0.2) is 16.2 Å². The molecule has 0 saturated heterocycles. The Kier molecular flexibility index (Phi) is 3.07. The minimum atomic E-state index is -0.672. The minimum Gasteiger partial charge on any atom is -0.507 e. The van der Waals surface area contributed by atoms with Gasteiger partial charge >= 0.3 is 0 Å². The fraction of sp³-hybridized carbons (Fsp3) is 0. The molecule has 0 bridgehead atoms. The number of benzene rings is 2. The number of phenols is 1. The number of hydroxylamine groups is 1. The first-order chi connectivity index (χ1) is 8.20. The number of hydrogen-bond donors (Lipinski definition) is 2. The van der Waals surface area contributed by atoms with Crippen LogP contribution in [-0.2, 0) is 0 Å². The van der Waals surface area contributed by atoms with Crippen LogP contribution >= 0.6 is 0 Å². The van der Waals surface area contributed by atoms with E-state index < -0.39 is 5.91 Å². The summed E-state index contributed by atoms with van der Waals surface area (Å²) in [5.41, 5.74) is 0.402. The average Bonchev–Trinajstić information content (AvgIpc) is 2.39. The molecule has 0 aromatic heterocycles. The summed E-state index contributed by atoms with van der Waals surface area (Å²) in [4.78, 5) is 11.9. The van der Waals surface area contributed by atoms with Crippen molar-refractivity contribution in [1.82, 2.24) is 0 Å². The third kappa shape index (κ3) is 2.26. The maximum absolute atomic E-state index is 11.9. The molecule has 86 valence electrons. The van der Waals surface area contributed by atoms with E-state index in [2.05, 4.69) is 0 Å². The lowest BCUT2D eigenvalue weighted by Crippen LogP contribution is -2.26. The van der Waals surface area contributed by atoms with Gasteiger partial charge in [0, 0.05) is 0 Å². The SMILES string of the molecule is O=C(c1ccccc1O)N(O)c1ccccc1. The quantitative estimate of drug-likeness (QED) is 0.614. The number of carbonyl (C=O) groups excluding carboxylic acids is 1. The number of phenolic OH excluding ortho intramolecular Hbond substituents is 1. The van der Waals surface area contributed by atoms with Crippen LogP contribution in [0.4, 0.5) is 5.69 Å². The van der Waals surface area contributed by atoms with Crippen molar-refractivity contribution in [2.24, 2.45) is 0 Å². The number of rotatable bonds is 2. The van der Waals surface area contributed by atoms with E-state index in [9.17, 15) is 15.1 Å². The van der Waals surface area contributed by atoms with Gasteiger partial charge in [0.1, 0.15) is 5.75 Å². The molecule has 0 saturated carbocycles. The zero-order valence-corrected chi connectivity index (χ0v) is 8.95. The molecule has 4 heteroatoms. The van der Waals surface area contributed by atoms with Crippen LogP contribution in [0.1, 0.15) is 10.4 Å². The molecule has 0 radical (unpaired) electrons. The second kappa shape index (κ2) is 4.67. The molecule has 0 aliphatic carbocycles. The van der Waals surface area contributed by atoms with E-state index in [0.717, 1.165) is 0 Å². The molecule has 2 N–H and O–H groups in total. The number of carbonyl (C=O) groups is 1. The van der Waals surface area contributed by atoms with E-state index in [4.69, 9.17) is 0 Å². The van der Waals surface area contributed by atoms with Gasteiger partial charge in [0.2, 0.25) is 0 Å². The first-order valence-corrected chi connectivity index (χ1v) is 5.06. The highest BCUT2D eigenvalue weighted by Crippen LogP contribution is 2.20. The number of aromatic hydroxyl groups is 1. The lowest BCUT2D eigenvalue weighted by molar-refractivity contribution is 0.0852. The molecular formula is C13H11NO3. The summed E-state index contributed by atoms with van der Waals surface area (Å²) in [7, 11) is 0. The lowest BCUT2D eigenvalue weighted by Gasteiger charge is -2.15. The molecule has 0 fully saturated rings. The molecule has 0 aliphatic rings. The Morgan fingerprint density at radius 2 is 1.53 bits per heavy atom. The third-order valence-electron chi connectivity index (χ3n) is 2.33. The van der Waals surface area contributed by atoms with Crippen molar-refractivity contribution in [3.63, 3.8) is 0 Å². The van der Waals surface area contributed by atoms with Gasteiger partial charge in [0.05, 0.1) is 11.3 Å². The molecule has 2 rings (SSSR count). The summed E-state index contributed by atoms with van der Waals surface area (Å²) in [6.07, 6.45) is 0. The summed E-state index contributed by atoms with van der Waals surface area (Å²) >= 11 is 0. The number of amides is 1. The van der Waals surface area contributed by atoms with Crippen LogP contribution in [0.25, 0.3) is 0 Å². The van der Waals surface area contributed by atoms with E-state index in [1.54, 1.807) is 42.5 Å². The number of hydrogen-bond acceptors (Lipinski definition) is 3. The van der Waals surface area contributed by atoms with Crippen molar-refractivity contribution in [3.05, 3.63) is 60.2 Å². The topological polar surface area (TPSA) is 60.8 Å². The van der Waals surface area contributed by atoms with Gasteiger partial charge < -0.3 is 5.11 Å². The molecule has 2 aromatic rings. The largest absolute Gasteiger partial charge is 0.507 e. The molecule has 17 heavy (non-hydrogen) atoms. The Bertz CT molecular complexity index is 525. The van der Waals surface area contributed by atoms with Crippen LogP contribution in [0.3, 0.4) is 0 Å². The van der Waals surface area contributed by atoms with Gasteiger partial charge in [-0.3, -0.25) is 10.0 Å². The molecule has 1 amide bonds. The monoisotopic (exact) mass is 229 g/mol.